The summed E-state index contributed by atoms with van der Waals surface area (Å²) in [5, 5.41) is 0. The van der Waals surface area contributed by atoms with Crippen molar-refractivity contribution in [2.24, 2.45) is 11.7 Å². The average Bonchev–Trinajstić information content (AvgIpc) is 2.75. The molecule has 0 aromatic rings. The van der Waals surface area contributed by atoms with Crippen LogP contribution in [0.5, 0.6) is 0 Å². The molecule has 0 saturated carbocycles. The predicted octanol–water partition coefficient (Wildman–Crippen LogP) is 0.709. The Bertz CT molecular complexity index is 201. The number of hydrogen-bond acceptors (Lipinski definition) is 4. The van der Waals surface area contributed by atoms with Crippen molar-refractivity contribution >= 4 is 0 Å². The van der Waals surface area contributed by atoms with E-state index in [1.54, 1.807) is 7.11 Å². The molecular formula is C12H26N2O2. The average molecular weight is 230 g/mol. The molecule has 0 aromatic carbocycles. The summed E-state index contributed by atoms with van der Waals surface area (Å²) in [6.07, 6.45) is 1.20. The zero-order valence-electron chi connectivity index (χ0n) is 10.9. The standard InChI is InChI=1S/C12H26N2O2/c1-4-16-10-12(2,9-13)14-6-5-11(7-14)8-15-3/h11H,4-10,13H2,1-3H3. The Kier molecular flexibility index (Phi) is 5.69. The molecule has 1 fully saturated rings. The molecule has 2 unspecified atom stereocenters. The first-order valence-electron chi connectivity index (χ1n) is 6.18. The molecule has 0 amide bonds. The van der Waals surface area contributed by atoms with E-state index in [1.165, 1.54) is 6.42 Å². The highest BCUT2D eigenvalue weighted by atomic mass is 16.5. The van der Waals surface area contributed by atoms with Crippen LogP contribution < -0.4 is 5.73 Å². The monoisotopic (exact) mass is 230 g/mol. The van der Waals surface area contributed by atoms with Crippen LogP contribution in [0.15, 0.2) is 0 Å². The van der Waals surface area contributed by atoms with E-state index in [2.05, 4.69) is 11.8 Å². The van der Waals surface area contributed by atoms with Crippen LogP contribution in [0.2, 0.25) is 0 Å². The third kappa shape index (κ3) is 3.42. The number of rotatable bonds is 7. The van der Waals surface area contributed by atoms with Crippen LogP contribution >= 0.6 is 0 Å². The number of methoxy groups -OCH3 is 1. The molecule has 0 aliphatic carbocycles. The highest BCUT2D eigenvalue weighted by Crippen LogP contribution is 2.25. The second kappa shape index (κ2) is 6.55. The summed E-state index contributed by atoms with van der Waals surface area (Å²) in [5.41, 5.74) is 5.88. The fraction of sp³-hybridized carbons (Fsp3) is 1.00. The zero-order valence-corrected chi connectivity index (χ0v) is 10.9. The van der Waals surface area contributed by atoms with Gasteiger partial charge in [-0.1, -0.05) is 0 Å². The molecule has 1 saturated heterocycles. The molecule has 0 aromatic heterocycles. The maximum atomic E-state index is 5.89. The minimum absolute atomic E-state index is 0.0154. The van der Waals surface area contributed by atoms with E-state index in [0.717, 1.165) is 32.9 Å². The summed E-state index contributed by atoms with van der Waals surface area (Å²) in [7, 11) is 1.77. The molecule has 1 rings (SSSR count). The van der Waals surface area contributed by atoms with Crippen LogP contribution in [0, 0.1) is 5.92 Å². The molecule has 1 aliphatic rings. The molecule has 0 bridgehead atoms. The van der Waals surface area contributed by atoms with Gasteiger partial charge in [-0.25, -0.2) is 0 Å². The summed E-state index contributed by atoms with van der Waals surface area (Å²) in [4.78, 5) is 2.45. The number of ether oxygens (including phenoxy) is 2. The van der Waals surface area contributed by atoms with Gasteiger partial charge in [0.05, 0.1) is 18.8 Å². The van der Waals surface area contributed by atoms with Gasteiger partial charge in [0.1, 0.15) is 0 Å². The molecule has 2 atom stereocenters. The number of nitrogens with two attached hydrogens (primary N) is 1. The van der Waals surface area contributed by atoms with E-state index in [4.69, 9.17) is 15.2 Å². The number of nitrogens with zero attached hydrogens (tertiary/aromatic N) is 1. The van der Waals surface area contributed by atoms with Crippen LogP contribution in [-0.4, -0.2) is 57.0 Å². The minimum Gasteiger partial charge on any atom is -0.384 e. The van der Waals surface area contributed by atoms with E-state index in [1.807, 2.05) is 6.92 Å². The lowest BCUT2D eigenvalue weighted by Crippen LogP contribution is -2.54. The van der Waals surface area contributed by atoms with E-state index in [-0.39, 0.29) is 5.54 Å². The molecule has 1 aliphatic heterocycles. The van der Waals surface area contributed by atoms with E-state index < -0.39 is 0 Å². The van der Waals surface area contributed by atoms with Crippen LogP contribution in [-0.2, 0) is 9.47 Å². The van der Waals surface area contributed by atoms with Crippen LogP contribution in [0.1, 0.15) is 20.3 Å². The van der Waals surface area contributed by atoms with Crippen molar-refractivity contribution in [3.63, 3.8) is 0 Å². The van der Waals surface area contributed by atoms with Crippen molar-refractivity contribution in [1.29, 1.82) is 0 Å². The topological polar surface area (TPSA) is 47.7 Å². The Morgan fingerprint density at radius 2 is 2.25 bits per heavy atom. The quantitative estimate of drug-likeness (QED) is 0.700. The van der Waals surface area contributed by atoms with Gasteiger partial charge in [0.25, 0.3) is 0 Å². The lowest BCUT2D eigenvalue weighted by molar-refractivity contribution is 0.0187. The van der Waals surface area contributed by atoms with Gasteiger partial charge in [0.15, 0.2) is 0 Å². The van der Waals surface area contributed by atoms with Gasteiger partial charge in [-0.3, -0.25) is 4.90 Å². The Hall–Kier alpha value is -0.160. The minimum atomic E-state index is -0.0154. The molecule has 0 radical (unpaired) electrons. The summed E-state index contributed by atoms with van der Waals surface area (Å²) >= 11 is 0. The van der Waals surface area contributed by atoms with Gasteiger partial charge in [-0.2, -0.15) is 0 Å². The predicted molar refractivity (Wildman–Crippen MR) is 65.5 cm³/mol. The molecule has 16 heavy (non-hydrogen) atoms. The van der Waals surface area contributed by atoms with Gasteiger partial charge in [-0.05, 0) is 32.7 Å². The molecule has 1 heterocycles. The summed E-state index contributed by atoms with van der Waals surface area (Å²) in [6, 6.07) is 0. The Labute approximate surface area is 99.1 Å². The Balaban J connectivity index is 2.47. The molecule has 4 nitrogen and oxygen atoms in total. The highest BCUT2D eigenvalue weighted by molar-refractivity contribution is 4.92. The molecule has 0 spiro atoms. The maximum Gasteiger partial charge on any atom is 0.0659 e. The van der Waals surface area contributed by atoms with Gasteiger partial charge < -0.3 is 15.2 Å². The Morgan fingerprint density at radius 1 is 1.50 bits per heavy atom. The molecular weight excluding hydrogens is 204 g/mol. The van der Waals surface area contributed by atoms with Gasteiger partial charge in [0, 0.05) is 26.8 Å². The maximum absolute atomic E-state index is 5.89. The fourth-order valence-electron chi connectivity index (χ4n) is 2.30. The van der Waals surface area contributed by atoms with Crippen LogP contribution in [0.3, 0.4) is 0 Å². The molecule has 96 valence electrons. The second-order valence-electron chi connectivity index (χ2n) is 4.89. The third-order valence-electron chi connectivity index (χ3n) is 3.51. The highest BCUT2D eigenvalue weighted by Gasteiger charge is 2.36. The molecule has 4 heteroatoms. The van der Waals surface area contributed by atoms with Crippen molar-refractivity contribution in [2.75, 3.05) is 46.6 Å². The van der Waals surface area contributed by atoms with E-state index in [0.29, 0.717) is 12.5 Å². The fourth-order valence-corrected chi connectivity index (χ4v) is 2.30. The molecule has 2 N–H and O–H groups in total. The lowest BCUT2D eigenvalue weighted by atomic mass is 10.0. The van der Waals surface area contributed by atoms with Gasteiger partial charge >= 0.3 is 0 Å². The van der Waals surface area contributed by atoms with Crippen molar-refractivity contribution in [2.45, 2.75) is 25.8 Å². The summed E-state index contributed by atoms with van der Waals surface area (Å²) in [5.74, 6) is 0.650. The zero-order chi connectivity index (χ0) is 12.0. The smallest absolute Gasteiger partial charge is 0.0659 e. The largest absolute Gasteiger partial charge is 0.384 e. The first kappa shape index (κ1) is 13.9. The van der Waals surface area contributed by atoms with Crippen molar-refractivity contribution in [3.05, 3.63) is 0 Å². The van der Waals surface area contributed by atoms with Gasteiger partial charge in [0.2, 0.25) is 0 Å². The van der Waals surface area contributed by atoms with Crippen LogP contribution in [0.4, 0.5) is 0 Å². The summed E-state index contributed by atoms with van der Waals surface area (Å²) in [6.45, 7) is 9.37. The first-order chi connectivity index (χ1) is 7.66. The van der Waals surface area contributed by atoms with Crippen molar-refractivity contribution in [3.8, 4) is 0 Å². The van der Waals surface area contributed by atoms with Gasteiger partial charge in [-0.15, -0.1) is 0 Å². The Morgan fingerprint density at radius 3 is 2.81 bits per heavy atom. The van der Waals surface area contributed by atoms with Crippen molar-refractivity contribution < 1.29 is 9.47 Å². The van der Waals surface area contributed by atoms with E-state index >= 15 is 0 Å². The third-order valence-corrected chi connectivity index (χ3v) is 3.51. The number of likely N-dealkylation sites (tertiary alicyclic amines) is 1. The SMILES string of the molecule is CCOCC(C)(CN)N1CCC(COC)C1. The number of hydrogen-bond donors (Lipinski definition) is 1. The van der Waals surface area contributed by atoms with E-state index in [9.17, 15) is 0 Å². The summed E-state index contributed by atoms with van der Waals surface area (Å²) < 4.78 is 10.8. The second-order valence-corrected chi connectivity index (χ2v) is 4.89. The lowest BCUT2D eigenvalue weighted by Gasteiger charge is -2.37. The normalized spacial score (nSPS) is 25.9. The first-order valence-corrected chi connectivity index (χ1v) is 6.18. The van der Waals surface area contributed by atoms with Crippen molar-refractivity contribution in [1.82, 2.24) is 4.90 Å². The van der Waals surface area contributed by atoms with Crippen LogP contribution in [0.25, 0.3) is 0 Å².